The van der Waals surface area contributed by atoms with E-state index in [0.717, 1.165) is 12.8 Å². The van der Waals surface area contributed by atoms with Crippen molar-refractivity contribution in [3.05, 3.63) is 47.6 Å². The van der Waals surface area contributed by atoms with Crippen LogP contribution in [0.3, 0.4) is 0 Å². The minimum Gasteiger partial charge on any atom is -0.413 e. The normalized spacial score (nSPS) is 34.2. The quantitative estimate of drug-likeness (QED) is 0.201. The van der Waals surface area contributed by atoms with E-state index in [1.807, 2.05) is 0 Å². The summed E-state index contributed by atoms with van der Waals surface area (Å²) in [6, 6.07) is 0. The molecule has 0 unspecified atom stereocenters. The van der Waals surface area contributed by atoms with Crippen LogP contribution in [0.5, 0.6) is 0 Å². The van der Waals surface area contributed by atoms with E-state index in [9.17, 15) is 5.11 Å². The zero-order chi connectivity index (χ0) is 32.9. The predicted octanol–water partition coefficient (Wildman–Crippen LogP) is 11.1. The van der Waals surface area contributed by atoms with Crippen LogP contribution in [0.1, 0.15) is 113 Å². The van der Waals surface area contributed by atoms with Crippen LogP contribution in [-0.4, -0.2) is 40.1 Å². The molecule has 0 amide bonds. The van der Waals surface area contributed by atoms with Crippen molar-refractivity contribution in [1.29, 1.82) is 0 Å². The number of aliphatic hydroxyl groups excluding tert-OH is 1. The lowest BCUT2D eigenvalue weighted by molar-refractivity contribution is 0.0969. The average Bonchev–Trinajstić information content (AvgIpc) is 3.68. The van der Waals surface area contributed by atoms with Gasteiger partial charge in [-0.05, 0) is 128 Å². The maximum atomic E-state index is 10.5. The maximum Gasteiger partial charge on any atom is 0.192 e. The fourth-order valence-electron chi connectivity index (χ4n) is 7.93. The number of hydrogen-bond acceptors (Lipinski definition) is 3. The smallest absolute Gasteiger partial charge is 0.192 e. The summed E-state index contributed by atoms with van der Waals surface area (Å²) < 4.78 is 14.2. The van der Waals surface area contributed by atoms with Crippen molar-refractivity contribution in [2.75, 3.05) is 0 Å². The lowest BCUT2D eigenvalue weighted by Crippen LogP contribution is -2.49. The number of aliphatic hydroxyl groups is 1. The first-order chi connectivity index (χ1) is 20.2. The third kappa shape index (κ3) is 7.86. The van der Waals surface area contributed by atoms with Gasteiger partial charge in [-0.15, -0.1) is 0 Å². The Labute approximate surface area is 274 Å². The zero-order valence-electron chi connectivity index (χ0n) is 30.7. The van der Waals surface area contributed by atoms with Crippen LogP contribution in [0, 0.1) is 29.1 Å². The van der Waals surface area contributed by atoms with Crippen molar-refractivity contribution in [3.63, 3.8) is 0 Å². The van der Waals surface area contributed by atoms with Crippen molar-refractivity contribution in [2.24, 2.45) is 29.1 Å². The molecule has 0 aromatic rings. The molecule has 0 radical (unpaired) electrons. The molecule has 4 fully saturated rings. The SMILES string of the molecule is C=C1/C(=C\C=C2/CCC[C@]3(C)[C@@H]([C@H](C)/C=C\[C@@H](O)C4CC4)CC[C@@H]23)C[C@@H](O[Si](C)(C)C(C)(C)C)C[C@@H]1O[Si](C)(C)C(C)(C)C. The topological polar surface area (TPSA) is 38.7 Å². The Morgan fingerprint density at radius 3 is 2.11 bits per heavy atom. The molecule has 3 nitrogen and oxygen atoms in total. The highest BCUT2D eigenvalue weighted by molar-refractivity contribution is 6.74. The van der Waals surface area contributed by atoms with Gasteiger partial charge in [0.05, 0.1) is 18.3 Å². The largest absolute Gasteiger partial charge is 0.413 e. The van der Waals surface area contributed by atoms with Gasteiger partial charge in [0.1, 0.15) is 0 Å². The first-order valence-electron chi connectivity index (χ1n) is 18.0. The molecule has 44 heavy (non-hydrogen) atoms. The Bertz CT molecular complexity index is 1130. The van der Waals surface area contributed by atoms with Gasteiger partial charge in [0.2, 0.25) is 0 Å². The molecule has 7 atom stereocenters. The number of hydrogen-bond donors (Lipinski definition) is 1. The van der Waals surface area contributed by atoms with Crippen molar-refractivity contribution in [1.82, 2.24) is 0 Å². The van der Waals surface area contributed by atoms with Crippen LogP contribution < -0.4 is 0 Å². The van der Waals surface area contributed by atoms with E-state index in [1.165, 1.54) is 56.1 Å². The number of allylic oxidation sites excluding steroid dienone is 4. The van der Waals surface area contributed by atoms with Crippen LogP contribution in [0.15, 0.2) is 47.6 Å². The molecular formula is C39H68O3Si2. The Morgan fingerprint density at radius 2 is 1.52 bits per heavy atom. The van der Waals surface area contributed by atoms with Gasteiger partial charge in [-0.3, -0.25) is 0 Å². The maximum absolute atomic E-state index is 10.5. The summed E-state index contributed by atoms with van der Waals surface area (Å²) in [6.07, 6.45) is 19.9. The average molecular weight is 641 g/mol. The molecule has 4 aliphatic rings. The third-order valence-corrected chi connectivity index (χ3v) is 22.1. The van der Waals surface area contributed by atoms with Gasteiger partial charge in [-0.1, -0.05) is 91.8 Å². The lowest BCUT2D eigenvalue weighted by atomic mass is 9.61. The van der Waals surface area contributed by atoms with Crippen LogP contribution in [0.2, 0.25) is 36.3 Å². The van der Waals surface area contributed by atoms with Gasteiger partial charge in [0.15, 0.2) is 16.6 Å². The molecule has 0 spiro atoms. The summed E-state index contributed by atoms with van der Waals surface area (Å²) in [6.45, 7) is 33.2. The Kier molecular flexibility index (Phi) is 10.7. The molecule has 250 valence electrons. The number of fused-ring (bicyclic) bond motifs is 1. The molecule has 0 aromatic heterocycles. The zero-order valence-corrected chi connectivity index (χ0v) is 32.7. The van der Waals surface area contributed by atoms with Crippen molar-refractivity contribution < 1.29 is 14.0 Å². The molecule has 1 N–H and O–H groups in total. The van der Waals surface area contributed by atoms with Crippen LogP contribution in [0.4, 0.5) is 0 Å². The number of rotatable bonds is 9. The minimum absolute atomic E-state index is 0.0233. The first-order valence-corrected chi connectivity index (χ1v) is 23.8. The summed E-state index contributed by atoms with van der Waals surface area (Å²) in [5, 5.41) is 10.8. The Morgan fingerprint density at radius 1 is 0.909 bits per heavy atom. The fraction of sp³-hybridized carbons (Fsp3) is 0.795. The van der Waals surface area contributed by atoms with Crippen molar-refractivity contribution in [2.45, 2.75) is 168 Å². The Hall–Kier alpha value is -0.726. The second kappa shape index (κ2) is 13.1. The van der Waals surface area contributed by atoms with Gasteiger partial charge in [-0.25, -0.2) is 0 Å². The van der Waals surface area contributed by atoms with Crippen LogP contribution >= 0.6 is 0 Å². The van der Waals surface area contributed by atoms with Gasteiger partial charge >= 0.3 is 0 Å². The van der Waals surface area contributed by atoms with Crippen LogP contribution in [0.25, 0.3) is 0 Å². The molecule has 5 heteroatoms. The predicted molar refractivity (Wildman–Crippen MR) is 194 cm³/mol. The monoisotopic (exact) mass is 640 g/mol. The first kappa shape index (κ1) is 36.1. The molecule has 0 heterocycles. The minimum atomic E-state index is -1.98. The second-order valence-corrected chi connectivity index (χ2v) is 27.9. The van der Waals surface area contributed by atoms with E-state index in [4.69, 9.17) is 8.85 Å². The summed E-state index contributed by atoms with van der Waals surface area (Å²) >= 11 is 0. The van der Waals surface area contributed by atoms with Gasteiger partial charge in [0.25, 0.3) is 0 Å². The summed E-state index contributed by atoms with van der Waals surface area (Å²) in [4.78, 5) is 0. The molecule has 0 aliphatic heterocycles. The highest BCUT2D eigenvalue weighted by Gasteiger charge is 2.50. The van der Waals surface area contributed by atoms with Gasteiger partial charge < -0.3 is 14.0 Å². The summed E-state index contributed by atoms with van der Waals surface area (Å²) in [5.41, 5.74) is 4.49. The van der Waals surface area contributed by atoms with E-state index in [0.29, 0.717) is 29.1 Å². The molecule has 4 rings (SSSR count). The summed E-state index contributed by atoms with van der Waals surface area (Å²) in [5.74, 6) is 2.35. The third-order valence-electron chi connectivity index (χ3n) is 13.1. The van der Waals surface area contributed by atoms with Gasteiger partial charge in [-0.2, -0.15) is 0 Å². The van der Waals surface area contributed by atoms with Crippen LogP contribution in [-0.2, 0) is 8.85 Å². The van der Waals surface area contributed by atoms with E-state index >= 15 is 0 Å². The van der Waals surface area contributed by atoms with E-state index in [2.05, 4.69) is 112 Å². The van der Waals surface area contributed by atoms with Crippen molar-refractivity contribution >= 4 is 16.6 Å². The molecular weight excluding hydrogens is 573 g/mol. The van der Waals surface area contributed by atoms with Crippen molar-refractivity contribution in [3.8, 4) is 0 Å². The molecule has 4 saturated carbocycles. The molecule has 0 bridgehead atoms. The lowest BCUT2D eigenvalue weighted by Gasteiger charge is -2.45. The van der Waals surface area contributed by atoms with E-state index in [-0.39, 0.29) is 28.4 Å². The fourth-order valence-corrected chi connectivity index (χ4v) is 10.6. The van der Waals surface area contributed by atoms with E-state index < -0.39 is 16.6 Å². The standard InChI is InChI=1S/C39H68O3Si2/c1-27(16-23-35(40)30-18-19-30)33-21-22-34-29(15-14-24-39(33,34)9)17-20-31-25-32(41-43(10,11)37(3,4)5)26-36(28(31)2)42-44(12,13)38(6,7)8/h16-17,20,23,27,30,32-36,40H,2,14-15,18-19,21-22,24-26H2,1,3-13H3/b23-16-,29-17+,31-20-/t27-,32-,33-,34+,35-,36+,39-/m1/s1. The molecule has 0 saturated heterocycles. The molecule has 0 aromatic carbocycles. The Balaban J connectivity index is 1.57. The molecule has 4 aliphatic carbocycles. The van der Waals surface area contributed by atoms with E-state index in [1.54, 1.807) is 5.57 Å². The highest BCUT2D eigenvalue weighted by atomic mass is 28.4. The highest BCUT2D eigenvalue weighted by Crippen LogP contribution is 2.59. The van der Waals surface area contributed by atoms with Gasteiger partial charge in [0, 0.05) is 6.42 Å². The second-order valence-electron chi connectivity index (χ2n) is 18.4. The summed E-state index contributed by atoms with van der Waals surface area (Å²) in [7, 11) is -3.90.